The number of amides is 1. The van der Waals surface area contributed by atoms with Crippen LogP contribution in [0, 0.1) is 11.8 Å². The molecule has 0 atom stereocenters. The predicted molar refractivity (Wildman–Crippen MR) is 128 cm³/mol. The van der Waals surface area contributed by atoms with Gasteiger partial charge in [0, 0.05) is 51.7 Å². The number of carbonyl (C=O) groups is 1. The second kappa shape index (κ2) is 11.1. The molecule has 0 unspecified atom stereocenters. The summed E-state index contributed by atoms with van der Waals surface area (Å²) in [5.41, 5.74) is 0. The molecule has 0 aromatic carbocycles. The quantitative estimate of drug-likeness (QED) is 0.589. The highest BCUT2D eigenvalue weighted by Crippen LogP contribution is 2.28. The van der Waals surface area contributed by atoms with Crippen LogP contribution in [-0.2, 0) is 4.79 Å². The number of carbonyl (C=O) groups excluding carboxylic acids is 1. The van der Waals surface area contributed by atoms with E-state index in [9.17, 15) is 4.79 Å². The summed E-state index contributed by atoms with van der Waals surface area (Å²) in [4.78, 5) is 31.0. The lowest BCUT2D eigenvalue weighted by Gasteiger charge is -2.33. The first-order chi connectivity index (χ1) is 15.6. The Labute approximate surface area is 192 Å². The average molecular weight is 445 g/mol. The first-order valence-corrected chi connectivity index (χ1v) is 12.5. The first kappa shape index (κ1) is 23.0. The topological polar surface area (TPSA) is 98.3 Å². The van der Waals surface area contributed by atoms with Crippen molar-refractivity contribution < 1.29 is 4.79 Å². The van der Waals surface area contributed by atoms with Crippen LogP contribution in [0.4, 0.5) is 17.8 Å². The second-order valence-corrected chi connectivity index (χ2v) is 9.77. The van der Waals surface area contributed by atoms with Crippen LogP contribution in [0.5, 0.6) is 0 Å². The zero-order chi connectivity index (χ0) is 22.3. The van der Waals surface area contributed by atoms with Crippen molar-refractivity contribution in [3.05, 3.63) is 0 Å². The molecule has 9 nitrogen and oxygen atoms in total. The van der Waals surface area contributed by atoms with Crippen molar-refractivity contribution in [2.24, 2.45) is 11.8 Å². The lowest BCUT2D eigenvalue weighted by atomic mass is 9.85. The molecule has 1 amide bonds. The number of anilines is 3. The third kappa shape index (κ3) is 6.21. The molecule has 32 heavy (non-hydrogen) atoms. The van der Waals surface area contributed by atoms with Gasteiger partial charge in [0.1, 0.15) is 0 Å². The Balaban J connectivity index is 1.27. The number of nitrogens with one attached hydrogen (secondary N) is 3. The standard InChI is InChI=1S/C23H40N8O/c1-24-21-27-22(29-23(28-21)31-14-12-30(2)13-15-31)26-19-10-8-18(9-11-19)20(32)25-16-17-6-4-3-5-7-17/h17-19H,3-16H2,1-2H3,(H,25,32)(H2,24,26,27,28,29)/t18-,19+. The third-order valence-electron chi connectivity index (χ3n) is 7.35. The molecule has 2 heterocycles. The minimum Gasteiger partial charge on any atom is -0.357 e. The van der Waals surface area contributed by atoms with Crippen molar-refractivity contribution in [2.75, 3.05) is 62.4 Å². The third-order valence-corrected chi connectivity index (χ3v) is 7.35. The van der Waals surface area contributed by atoms with Gasteiger partial charge in [0.25, 0.3) is 0 Å². The van der Waals surface area contributed by atoms with Gasteiger partial charge in [-0.15, -0.1) is 0 Å². The Morgan fingerprint density at radius 1 is 0.906 bits per heavy atom. The molecule has 0 radical (unpaired) electrons. The van der Waals surface area contributed by atoms with E-state index in [-0.39, 0.29) is 11.8 Å². The summed E-state index contributed by atoms with van der Waals surface area (Å²) >= 11 is 0. The van der Waals surface area contributed by atoms with Gasteiger partial charge in [-0.1, -0.05) is 19.3 Å². The maximum Gasteiger partial charge on any atom is 0.232 e. The molecule has 1 saturated heterocycles. The van der Waals surface area contributed by atoms with Crippen molar-refractivity contribution in [1.29, 1.82) is 0 Å². The van der Waals surface area contributed by atoms with Crippen molar-refractivity contribution in [3.8, 4) is 0 Å². The summed E-state index contributed by atoms with van der Waals surface area (Å²) in [6.45, 7) is 4.73. The minimum atomic E-state index is 0.142. The molecular weight excluding hydrogens is 404 g/mol. The number of aromatic nitrogens is 3. The van der Waals surface area contributed by atoms with E-state index in [1.54, 1.807) is 0 Å². The molecular formula is C23H40N8O. The fourth-order valence-corrected chi connectivity index (χ4v) is 5.15. The van der Waals surface area contributed by atoms with Gasteiger partial charge in [0.15, 0.2) is 0 Å². The van der Waals surface area contributed by atoms with Gasteiger partial charge in [-0.2, -0.15) is 15.0 Å². The van der Waals surface area contributed by atoms with Gasteiger partial charge in [0.2, 0.25) is 23.8 Å². The Kier molecular flexibility index (Phi) is 8.00. The van der Waals surface area contributed by atoms with Crippen molar-refractivity contribution in [1.82, 2.24) is 25.2 Å². The van der Waals surface area contributed by atoms with Gasteiger partial charge < -0.3 is 25.8 Å². The van der Waals surface area contributed by atoms with E-state index in [2.05, 4.69) is 42.8 Å². The molecule has 1 aliphatic heterocycles. The zero-order valence-electron chi connectivity index (χ0n) is 19.8. The Bertz CT molecular complexity index is 738. The molecule has 2 aliphatic carbocycles. The van der Waals surface area contributed by atoms with Crippen LogP contribution in [-0.4, -0.2) is 78.6 Å². The van der Waals surface area contributed by atoms with Gasteiger partial charge in [0.05, 0.1) is 0 Å². The Hall–Kier alpha value is -2.16. The van der Waals surface area contributed by atoms with Crippen LogP contribution in [0.1, 0.15) is 57.8 Å². The number of hydrogen-bond acceptors (Lipinski definition) is 8. The monoisotopic (exact) mass is 444 g/mol. The lowest BCUT2D eigenvalue weighted by Crippen LogP contribution is -2.45. The number of piperazine rings is 1. The van der Waals surface area contributed by atoms with E-state index in [4.69, 9.17) is 4.98 Å². The maximum atomic E-state index is 12.7. The van der Waals surface area contributed by atoms with Crippen LogP contribution in [0.3, 0.4) is 0 Å². The molecule has 9 heteroatoms. The molecule has 3 N–H and O–H groups in total. The Morgan fingerprint density at radius 3 is 2.28 bits per heavy atom. The molecule has 0 spiro atoms. The van der Waals surface area contributed by atoms with Crippen LogP contribution in [0.25, 0.3) is 0 Å². The number of likely N-dealkylation sites (N-methyl/N-ethyl adjacent to an activating group) is 1. The molecule has 1 aromatic rings. The predicted octanol–water partition coefficient (Wildman–Crippen LogP) is 2.33. The van der Waals surface area contributed by atoms with E-state index >= 15 is 0 Å². The number of hydrogen-bond donors (Lipinski definition) is 3. The van der Waals surface area contributed by atoms with Crippen LogP contribution in [0.15, 0.2) is 0 Å². The fraction of sp³-hybridized carbons (Fsp3) is 0.826. The van der Waals surface area contributed by atoms with E-state index in [1.807, 2.05) is 7.05 Å². The van der Waals surface area contributed by atoms with Crippen LogP contribution in [0.2, 0.25) is 0 Å². The summed E-state index contributed by atoms with van der Waals surface area (Å²) in [5, 5.41) is 9.82. The normalized spacial score (nSPS) is 25.4. The van der Waals surface area contributed by atoms with Crippen molar-refractivity contribution >= 4 is 23.8 Å². The molecule has 3 fully saturated rings. The summed E-state index contributed by atoms with van der Waals surface area (Å²) < 4.78 is 0. The van der Waals surface area contributed by atoms with E-state index in [0.29, 0.717) is 23.9 Å². The van der Waals surface area contributed by atoms with Crippen LogP contribution < -0.4 is 20.9 Å². The highest BCUT2D eigenvalue weighted by Gasteiger charge is 2.28. The number of nitrogens with zero attached hydrogens (tertiary/aromatic N) is 5. The minimum absolute atomic E-state index is 0.142. The lowest BCUT2D eigenvalue weighted by molar-refractivity contribution is -0.126. The summed E-state index contributed by atoms with van der Waals surface area (Å²) in [5.74, 6) is 3.03. The molecule has 0 bridgehead atoms. The highest BCUT2D eigenvalue weighted by atomic mass is 16.1. The SMILES string of the molecule is CNc1nc(N[C@H]2CC[C@@H](C(=O)NCC3CCCCC3)CC2)nc(N2CCN(C)CC2)n1. The number of rotatable bonds is 7. The summed E-state index contributed by atoms with van der Waals surface area (Å²) in [6, 6.07) is 0.296. The zero-order valence-corrected chi connectivity index (χ0v) is 19.8. The van der Waals surface area contributed by atoms with Gasteiger partial charge in [-0.3, -0.25) is 4.79 Å². The van der Waals surface area contributed by atoms with Crippen LogP contribution >= 0.6 is 0 Å². The smallest absolute Gasteiger partial charge is 0.232 e. The molecule has 1 aromatic heterocycles. The van der Waals surface area contributed by atoms with Gasteiger partial charge >= 0.3 is 0 Å². The molecule has 4 rings (SSSR count). The molecule has 2 saturated carbocycles. The Morgan fingerprint density at radius 2 is 1.59 bits per heavy atom. The second-order valence-electron chi connectivity index (χ2n) is 9.77. The largest absolute Gasteiger partial charge is 0.357 e. The average Bonchev–Trinajstić information content (AvgIpc) is 2.84. The van der Waals surface area contributed by atoms with Gasteiger partial charge in [-0.05, 0) is 51.5 Å². The van der Waals surface area contributed by atoms with Crippen molar-refractivity contribution in [2.45, 2.75) is 63.8 Å². The van der Waals surface area contributed by atoms with E-state index < -0.39 is 0 Å². The first-order valence-electron chi connectivity index (χ1n) is 12.5. The maximum absolute atomic E-state index is 12.7. The van der Waals surface area contributed by atoms with Crippen molar-refractivity contribution in [3.63, 3.8) is 0 Å². The molecule has 178 valence electrons. The summed E-state index contributed by atoms with van der Waals surface area (Å²) in [6.07, 6.45) is 10.3. The van der Waals surface area contributed by atoms with E-state index in [0.717, 1.165) is 64.4 Å². The highest BCUT2D eigenvalue weighted by molar-refractivity contribution is 5.78. The molecule has 3 aliphatic rings. The van der Waals surface area contributed by atoms with E-state index in [1.165, 1.54) is 32.1 Å². The fourth-order valence-electron chi connectivity index (χ4n) is 5.15. The van der Waals surface area contributed by atoms with Gasteiger partial charge in [-0.25, -0.2) is 0 Å². The summed E-state index contributed by atoms with van der Waals surface area (Å²) in [7, 11) is 3.98.